The van der Waals surface area contributed by atoms with Gasteiger partial charge in [-0.3, -0.25) is 9.88 Å². The highest BCUT2D eigenvalue weighted by atomic mass is 16.6. The van der Waals surface area contributed by atoms with Gasteiger partial charge < -0.3 is 4.74 Å². The number of aromatic nitrogens is 3. The van der Waals surface area contributed by atoms with Gasteiger partial charge in [-0.05, 0) is 65.5 Å². The van der Waals surface area contributed by atoms with Crippen LogP contribution >= 0.6 is 0 Å². The Morgan fingerprint density at radius 1 is 1.22 bits per heavy atom. The van der Waals surface area contributed by atoms with Crippen molar-refractivity contribution in [2.75, 3.05) is 0 Å². The Kier molecular flexibility index (Phi) is 4.36. The van der Waals surface area contributed by atoms with Crippen LogP contribution in [0.4, 0.5) is 4.79 Å². The van der Waals surface area contributed by atoms with Crippen LogP contribution in [0.15, 0.2) is 24.4 Å². The number of ether oxygens (including phenoxy) is 1. The number of aryl methyl sites for hydroxylation is 1. The molecule has 4 heterocycles. The molecule has 1 amide bonds. The lowest BCUT2D eigenvalue weighted by Gasteiger charge is -2.46. The summed E-state index contributed by atoms with van der Waals surface area (Å²) in [6, 6.07) is 5.94. The minimum atomic E-state index is -0.508. The Bertz CT molecular complexity index is 860. The quantitative estimate of drug-likeness (QED) is 0.755. The molecule has 1 fully saturated rings. The van der Waals surface area contributed by atoms with Gasteiger partial charge in [0.15, 0.2) is 0 Å². The number of pyridine rings is 1. The molecule has 142 valence electrons. The number of amides is 1. The second kappa shape index (κ2) is 6.59. The average molecular weight is 366 g/mol. The summed E-state index contributed by atoms with van der Waals surface area (Å²) in [6.45, 7) is 7.62. The second-order valence-electron chi connectivity index (χ2n) is 8.39. The molecule has 2 aliphatic rings. The predicted octanol–water partition coefficient (Wildman–Crippen LogP) is 4.23. The second-order valence-corrected chi connectivity index (χ2v) is 8.39. The lowest BCUT2D eigenvalue weighted by atomic mass is 9.82. The van der Waals surface area contributed by atoms with Crippen LogP contribution in [0.25, 0.3) is 11.4 Å². The summed E-state index contributed by atoms with van der Waals surface area (Å²) in [7, 11) is 0. The van der Waals surface area contributed by atoms with E-state index in [2.05, 4.69) is 4.98 Å². The van der Waals surface area contributed by atoms with Gasteiger partial charge in [0.1, 0.15) is 11.4 Å². The van der Waals surface area contributed by atoms with E-state index in [1.807, 2.05) is 50.8 Å². The molecule has 2 aromatic heterocycles. The number of carbonyl (C=O) groups excluding carboxylic acids is 1. The van der Waals surface area contributed by atoms with Crippen molar-refractivity contribution in [3.05, 3.63) is 41.5 Å². The number of piperidine rings is 1. The van der Waals surface area contributed by atoms with Crippen molar-refractivity contribution in [3.8, 4) is 11.4 Å². The molecule has 0 aromatic carbocycles. The molecule has 0 spiro atoms. The molecular formula is C21H26N4O2. The maximum absolute atomic E-state index is 12.9. The van der Waals surface area contributed by atoms with Gasteiger partial charge in [0, 0.05) is 17.8 Å². The predicted molar refractivity (Wildman–Crippen MR) is 102 cm³/mol. The molecule has 2 unspecified atom stereocenters. The third-order valence-corrected chi connectivity index (χ3v) is 5.16. The Hall–Kier alpha value is -2.50. The van der Waals surface area contributed by atoms with E-state index in [0.29, 0.717) is 5.82 Å². The first-order valence-corrected chi connectivity index (χ1v) is 9.63. The minimum absolute atomic E-state index is 0.0495. The first kappa shape index (κ1) is 17.9. The highest BCUT2D eigenvalue weighted by molar-refractivity contribution is 5.71. The highest BCUT2D eigenvalue weighted by Gasteiger charge is 2.44. The summed E-state index contributed by atoms with van der Waals surface area (Å²) in [5, 5.41) is 0. The van der Waals surface area contributed by atoms with Crippen molar-refractivity contribution >= 4 is 6.09 Å². The molecule has 6 heteroatoms. The van der Waals surface area contributed by atoms with Gasteiger partial charge in [0.25, 0.3) is 0 Å². The summed E-state index contributed by atoms with van der Waals surface area (Å²) in [5.41, 5.74) is 3.35. The minimum Gasteiger partial charge on any atom is -0.444 e. The standard InChI is InChI=1S/C21H26N4O2/c1-13-23-18(16-9-5-6-11-22-16)15-12-14-8-7-10-17(19(15)24-13)25(14)20(26)27-21(2,3)4/h5-6,9,11,14,17H,7-8,10,12H2,1-4H3. The number of hydrogen-bond acceptors (Lipinski definition) is 5. The van der Waals surface area contributed by atoms with Crippen LogP contribution in [0.2, 0.25) is 0 Å². The molecule has 2 atom stereocenters. The van der Waals surface area contributed by atoms with Crippen LogP contribution < -0.4 is 0 Å². The van der Waals surface area contributed by atoms with Crippen LogP contribution in [0.1, 0.15) is 63.2 Å². The summed E-state index contributed by atoms with van der Waals surface area (Å²) in [4.78, 5) is 28.8. The largest absolute Gasteiger partial charge is 0.444 e. The number of rotatable bonds is 1. The fourth-order valence-electron chi connectivity index (χ4n) is 4.18. The molecule has 0 radical (unpaired) electrons. The van der Waals surface area contributed by atoms with Gasteiger partial charge in [-0.2, -0.15) is 0 Å². The maximum Gasteiger partial charge on any atom is 0.411 e. The number of hydrogen-bond donors (Lipinski definition) is 0. The molecule has 4 rings (SSSR count). The van der Waals surface area contributed by atoms with Crippen LogP contribution in [-0.2, 0) is 11.2 Å². The normalized spacial score (nSPS) is 21.6. The van der Waals surface area contributed by atoms with Crippen LogP contribution in [-0.4, -0.2) is 37.6 Å². The first-order valence-electron chi connectivity index (χ1n) is 9.63. The Labute approximate surface area is 160 Å². The zero-order valence-corrected chi connectivity index (χ0v) is 16.4. The van der Waals surface area contributed by atoms with Crippen molar-refractivity contribution in [3.63, 3.8) is 0 Å². The summed E-state index contributed by atoms with van der Waals surface area (Å²) >= 11 is 0. The molecular weight excluding hydrogens is 340 g/mol. The van der Waals surface area contributed by atoms with Crippen molar-refractivity contribution in [2.45, 2.75) is 71.1 Å². The molecule has 2 bridgehead atoms. The third-order valence-electron chi connectivity index (χ3n) is 5.16. The van der Waals surface area contributed by atoms with Gasteiger partial charge in [-0.15, -0.1) is 0 Å². The fourth-order valence-corrected chi connectivity index (χ4v) is 4.18. The lowest BCUT2D eigenvalue weighted by Crippen LogP contribution is -2.51. The van der Waals surface area contributed by atoms with E-state index < -0.39 is 5.60 Å². The van der Waals surface area contributed by atoms with Crippen molar-refractivity contribution in [2.24, 2.45) is 0 Å². The van der Waals surface area contributed by atoms with Crippen molar-refractivity contribution in [1.29, 1.82) is 0 Å². The summed E-state index contributed by atoms with van der Waals surface area (Å²) < 4.78 is 5.70. The molecule has 0 saturated carbocycles. The SMILES string of the molecule is Cc1nc(-c2ccccn2)c2c(n1)C1CCCC(C2)N1C(=O)OC(C)(C)C. The van der Waals surface area contributed by atoms with E-state index in [4.69, 9.17) is 14.7 Å². The monoisotopic (exact) mass is 366 g/mol. The Morgan fingerprint density at radius 3 is 2.74 bits per heavy atom. The molecule has 2 aromatic rings. The van der Waals surface area contributed by atoms with E-state index in [0.717, 1.165) is 48.3 Å². The molecule has 0 N–H and O–H groups in total. The van der Waals surface area contributed by atoms with Crippen molar-refractivity contribution < 1.29 is 9.53 Å². The van der Waals surface area contributed by atoms with Gasteiger partial charge in [0.05, 0.1) is 23.1 Å². The highest BCUT2D eigenvalue weighted by Crippen LogP contribution is 2.43. The molecule has 27 heavy (non-hydrogen) atoms. The van der Waals surface area contributed by atoms with E-state index in [1.54, 1.807) is 6.20 Å². The lowest BCUT2D eigenvalue weighted by molar-refractivity contribution is -0.0105. The van der Waals surface area contributed by atoms with E-state index in [9.17, 15) is 4.79 Å². The number of fused-ring (bicyclic) bond motifs is 4. The number of carbonyl (C=O) groups is 1. The Morgan fingerprint density at radius 2 is 2.04 bits per heavy atom. The van der Waals surface area contributed by atoms with Crippen LogP contribution in [0.5, 0.6) is 0 Å². The van der Waals surface area contributed by atoms with Crippen LogP contribution in [0.3, 0.4) is 0 Å². The van der Waals surface area contributed by atoms with Gasteiger partial charge in [-0.25, -0.2) is 14.8 Å². The number of nitrogens with zero attached hydrogens (tertiary/aromatic N) is 4. The zero-order chi connectivity index (χ0) is 19.2. The molecule has 6 nitrogen and oxygen atoms in total. The summed E-state index contributed by atoms with van der Waals surface area (Å²) in [5.74, 6) is 0.711. The maximum atomic E-state index is 12.9. The van der Waals surface area contributed by atoms with E-state index in [1.165, 1.54) is 0 Å². The van der Waals surface area contributed by atoms with Gasteiger partial charge >= 0.3 is 6.09 Å². The van der Waals surface area contributed by atoms with E-state index >= 15 is 0 Å². The first-order chi connectivity index (χ1) is 12.8. The van der Waals surface area contributed by atoms with Crippen LogP contribution in [0, 0.1) is 6.92 Å². The van der Waals surface area contributed by atoms with Crippen molar-refractivity contribution in [1.82, 2.24) is 19.9 Å². The zero-order valence-electron chi connectivity index (χ0n) is 16.4. The van der Waals surface area contributed by atoms with Gasteiger partial charge in [0.2, 0.25) is 0 Å². The third kappa shape index (κ3) is 3.40. The molecule has 1 saturated heterocycles. The fraction of sp³-hybridized carbons (Fsp3) is 0.524. The smallest absolute Gasteiger partial charge is 0.411 e. The summed E-state index contributed by atoms with van der Waals surface area (Å²) in [6.07, 6.45) is 5.27. The molecule has 0 aliphatic carbocycles. The molecule has 2 aliphatic heterocycles. The van der Waals surface area contributed by atoms with Gasteiger partial charge in [-0.1, -0.05) is 6.07 Å². The topological polar surface area (TPSA) is 68.2 Å². The Balaban J connectivity index is 1.79. The van der Waals surface area contributed by atoms with E-state index in [-0.39, 0.29) is 18.2 Å². The average Bonchev–Trinajstić information content (AvgIpc) is 2.61.